The van der Waals surface area contributed by atoms with E-state index < -0.39 is 0 Å². The smallest absolute Gasteiger partial charge is 0.243 e. The van der Waals surface area contributed by atoms with Gasteiger partial charge in [-0.05, 0) is 31.6 Å². The van der Waals surface area contributed by atoms with Crippen molar-refractivity contribution in [2.24, 2.45) is 5.92 Å². The Morgan fingerprint density at radius 1 is 1.35 bits per heavy atom. The van der Waals surface area contributed by atoms with Crippen LogP contribution in [0.2, 0.25) is 0 Å². The minimum absolute atomic E-state index is 0.0325. The SMILES string of the molecule is CC1CCC(c2noc([C@@H]3C[C@@H](O)CN3)n2)C1. The van der Waals surface area contributed by atoms with Crippen molar-refractivity contribution < 1.29 is 9.63 Å². The van der Waals surface area contributed by atoms with Gasteiger partial charge in [-0.2, -0.15) is 4.98 Å². The average molecular weight is 237 g/mol. The summed E-state index contributed by atoms with van der Waals surface area (Å²) in [5.41, 5.74) is 0. The number of aliphatic hydroxyl groups excluding tert-OH is 1. The number of hydrogen-bond donors (Lipinski definition) is 2. The first-order valence-corrected chi connectivity index (χ1v) is 6.47. The topological polar surface area (TPSA) is 71.2 Å². The van der Waals surface area contributed by atoms with E-state index in [4.69, 9.17) is 4.52 Å². The molecule has 0 spiro atoms. The molecule has 0 radical (unpaired) electrons. The highest BCUT2D eigenvalue weighted by Gasteiger charge is 2.31. The van der Waals surface area contributed by atoms with Crippen LogP contribution in [0.15, 0.2) is 4.52 Å². The van der Waals surface area contributed by atoms with Crippen molar-refractivity contribution in [3.8, 4) is 0 Å². The summed E-state index contributed by atoms with van der Waals surface area (Å²) < 4.78 is 5.31. The second-order valence-corrected chi connectivity index (χ2v) is 5.46. The van der Waals surface area contributed by atoms with Crippen LogP contribution in [0.3, 0.4) is 0 Å². The van der Waals surface area contributed by atoms with Crippen LogP contribution in [-0.2, 0) is 0 Å². The standard InChI is InChI=1S/C12H19N3O2/c1-7-2-3-8(4-7)11-14-12(17-15-11)10-5-9(16)6-13-10/h7-10,13,16H,2-6H2,1H3/t7?,8?,9-,10+/m1/s1. The fourth-order valence-corrected chi connectivity index (χ4v) is 2.90. The second-order valence-electron chi connectivity index (χ2n) is 5.46. The molecule has 2 unspecified atom stereocenters. The molecule has 1 aliphatic carbocycles. The third-order valence-corrected chi connectivity index (χ3v) is 3.92. The molecule has 2 heterocycles. The Morgan fingerprint density at radius 3 is 2.88 bits per heavy atom. The van der Waals surface area contributed by atoms with Gasteiger partial charge in [-0.3, -0.25) is 0 Å². The van der Waals surface area contributed by atoms with E-state index in [9.17, 15) is 5.11 Å². The van der Waals surface area contributed by atoms with Gasteiger partial charge in [0.05, 0.1) is 12.1 Å². The molecule has 1 aromatic rings. The maximum atomic E-state index is 9.46. The molecule has 17 heavy (non-hydrogen) atoms. The highest BCUT2D eigenvalue weighted by atomic mass is 16.5. The van der Waals surface area contributed by atoms with Crippen molar-refractivity contribution in [2.75, 3.05) is 6.54 Å². The summed E-state index contributed by atoms with van der Waals surface area (Å²) in [6.07, 6.45) is 3.97. The predicted molar refractivity (Wildman–Crippen MR) is 61.4 cm³/mol. The molecule has 5 heteroatoms. The lowest BCUT2D eigenvalue weighted by atomic mass is 10.1. The minimum Gasteiger partial charge on any atom is -0.392 e. The van der Waals surface area contributed by atoms with Crippen LogP contribution in [0, 0.1) is 5.92 Å². The normalized spacial score (nSPS) is 37.8. The molecule has 1 saturated heterocycles. The van der Waals surface area contributed by atoms with Crippen LogP contribution < -0.4 is 5.32 Å². The molecule has 3 rings (SSSR count). The van der Waals surface area contributed by atoms with Crippen LogP contribution in [0.25, 0.3) is 0 Å². The Kier molecular flexibility index (Phi) is 2.88. The van der Waals surface area contributed by atoms with E-state index in [1.54, 1.807) is 0 Å². The first-order chi connectivity index (χ1) is 8.22. The van der Waals surface area contributed by atoms with Crippen LogP contribution in [-0.4, -0.2) is 27.9 Å². The molecule has 0 aromatic carbocycles. The van der Waals surface area contributed by atoms with Crippen molar-refractivity contribution in [3.05, 3.63) is 11.7 Å². The van der Waals surface area contributed by atoms with Crippen LogP contribution in [0.4, 0.5) is 0 Å². The van der Waals surface area contributed by atoms with Gasteiger partial charge in [0.2, 0.25) is 5.89 Å². The Morgan fingerprint density at radius 2 is 2.24 bits per heavy atom. The molecular formula is C12H19N3O2. The van der Waals surface area contributed by atoms with E-state index in [1.807, 2.05) is 0 Å². The van der Waals surface area contributed by atoms with E-state index in [1.165, 1.54) is 19.3 Å². The van der Waals surface area contributed by atoms with Gasteiger partial charge in [-0.1, -0.05) is 12.1 Å². The second kappa shape index (κ2) is 4.38. The van der Waals surface area contributed by atoms with Gasteiger partial charge in [0.25, 0.3) is 0 Å². The summed E-state index contributed by atoms with van der Waals surface area (Å²) in [5, 5.41) is 16.7. The zero-order valence-electron chi connectivity index (χ0n) is 10.1. The van der Waals surface area contributed by atoms with E-state index in [0.29, 0.717) is 24.8 Å². The Hall–Kier alpha value is -0.940. The Labute approximate surface area is 101 Å². The maximum absolute atomic E-state index is 9.46. The quantitative estimate of drug-likeness (QED) is 0.813. The summed E-state index contributed by atoms with van der Waals surface area (Å²) in [5.74, 6) is 2.73. The van der Waals surface area contributed by atoms with Gasteiger partial charge in [0.15, 0.2) is 5.82 Å². The van der Waals surface area contributed by atoms with Gasteiger partial charge in [-0.15, -0.1) is 0 Å². The van der Waals surface area contributed by atoms with Crippen LogP contribution in [0.5, 0.6) is 0 Å². The van der Waals surface area contributed by atoms with E-state index in [-0.39, 0.29) is 12.1 Å². The largest absolute Gasteiger partial charge is 0.392 e. The number of rotatable bonds is 2. The van der Waals surface area contributed by atoms with Gasteiger partial charge in [0, 0.05) is 12.5 Å². The number of aromatic nitrogens is 2. The lowest BCUT2D eigenvalue weighted by Gasteiger charge is -2.03. The maximum Gasteiger partial charge on any atom is 0.243 e. The van der Waals surface area contributed by atoms with Crippen molar-refractivity contribution in [1.29, 1.82) is 0 Å². The molecule has 1 aromatic heterocycles. The fraction of sp³-hybridized carbons (Fsp3) is 0.833. The molecule has 94 valence electrons. The molecule has 1 aliphatic heterocycles. The first-order valence-electron chi connectivity index (χ1n) is 6.47. The zero-order chi connectivity index (χ0) is 11.8. The third kappa shape index (κ3) is 2.21. The van der Waals surface area contributed by atoms with Gasteiger partial charge < -0.3 is 14.9 Å². The zero-order valence-corrected chi connectivity index (χ0v) is 10.1. The molecular weight excluding hydrogens is 218 g/mol. The average Bonchev–Trinajstić information content (AvgIpc) is 2.96. The first kappa shape index (κ1) is 11.2. The molecule has 4 atom stereocenters. The molecule has 0 bridgehead atoms. The highest BCUT2D eigenvalue weighted by molar-refractivity contribution is 5.03. The van der Waals surface area contributed by atoms with E-state index in [0.717, 1.165) is 11.7 Å². The van der Waals surface area contributed by atoms with Crippen LogP contribution in [0.1, 0.15) is 56.3 Å². The monoisotopic (exact) mass is 237 g/mol. The highest BCUT2D eigenvalue weighted by Crippen LogP contribution is 2.37. The number of nitrogens with one attached hydrogen (secondary N) is 1. The van der Waals surface area contributed by atoms with E-state index in [2.05, 4.69) is 22.4 Å². The fourth-order valence-electron chi connectivity index (χ4n) is 2.90. The number of aliphatic hydroxyl groups is 1. The lowest BCUT2D eigenvalue weighted by molar-refractivity contribution is 0.191. The third-order valence-electron chi connectivity index (χ3n) is 3.92. The predicted octanol–water partition coefficient (Wildman–Crippen LogP) is 1.37. The summed E-state index contributed by atoms with van der Waals surface area (Å²) >= 11 is 0. The number of hydrogen-bond acceptors (Lipinski definition) is 5. The van der Waals surface area contributed by atoms with Crippen molar-refractivity contribution in [1.82, 2.24) is 15.5 Å². The summed E-state index contributed by atoms with van der Waals surface area (Å²) in [6, 6.07) is 0.0325. The summed E-state index contributed by atoms with van der Waals surface area (Å²) in [7, 11) is 0. The van der Waals surface area contributed by atoms with Crippen LogP contribution >= 0.6 is 0 Å². The van der Waals surface area contributed by atoms with E-state index >= 15 is 0 Å². The van der Waals surface area contributed by atoms with Gasteiger partial charge in [0.1, 0.15) is 0 Å². The lowest BCUT2D eigenvalue weighted by Crippen LogP contribution is -2.15. The number of nitrogens with zero attached hydrogens (tertiary/aromatic N) is 2. The molecule has 2 aliphatic rings. The molecule has 0 amide bonds. The summed E-state index contributed by atoms with van der Waals surface area (Å²) in [4.78, 5) is 4.49. The summed E-state index contributed by atoms with van der Waals surface area (Å²) in [6.45, 7) is 2.89. The Balaban J connectivity index is 1.70. The molecule has 2 fully saturated rings. The van der Waals surface area contributed by atoms with Gasteiger partial charge in [-0.25, -0.2) is 0 Å². The molecule has 1 saturated carbocycles. The number of β-amino-alcohol motifs (C(OH)–C–C–N with tert-alkyl or cyclic N) is 1. The minimum atomic E-state index is -0.290. The van der Waals surface area contributed by atoms with Crippen molar-refractivity contribution in [2.45, 2.75) is 50.7 Å². The van der Waals surface area contributed by atoms with Crippen molar-refractivity contribution >= 4 is 0 Å². The van der Waals surface area contributed by atoms with Gasteiger partial charge >= 0.3 is 0 Å². The molecule has 5 nitrogen and oxygen atoms in total. The van der Waals surface area contributed by atoms with Crippen molar-refractivity contribution in [3.63, 3.8) is 0 Å². The Bertz CT molecular complexity index is 358. The molecule has 2 N–H and O–H groups in total.